The number of fused-ring (bicyclic) bond motifs is 5. The number of aliphatic hydroxyl groups excluding tert-OH is 1. The van der Waals surface area contributed by atoms with Gasteiger partial charge in [0, 0.05) is 47.2 Å². The number of nitrogens with one attached hydrogen (secondary N) is 1. The third-order valence-corrected chi connectivity index (χ3v) is 14.0. The molecule has 21 heteroatoms. The van der Waals surface area contributed by atoms with Crippen molar-refractivity contribution in [2.75, 3.05) is 32.6 Å². The second-order valence-electron chi connectivity index (χ2n) is 19.2. The summed E-state index contributed by atoms with van der Waals surface area (Å²) in [6.45, 7) is 15.3. The Morgan fingerprint density at radius 2 is 1.79 bits per heavy atom. The van der Waals surface area contributed by atoms with Gasteiger partial charge in [0.05, 0.1) is 48.9 Å². The standard InChI is InChI=1S/C47H71N7O13S/c1-13-33-46(9,60)40-26(5)36(52-35(55)14-2)24(3)18-45(8,39(27(6)38(57)47(10,61)44(59)66-33)67-43-37(56)32(54(11)12)17-25(4)65-43)63-21-31(20-62-40)53-64-22-30-16-15-29(19-49-30)42-51-34(23-68-42)50-41(58)28(7)48/h15-16,19,23-28,32-33,37,39-40,43,56,60-61H,13-14,17-18,20-22,48H2,1-12H3,(H,50,58)/b52-36+,53-31+/t24-,25-,26+,27+,28+,32+,33-,37-,39-,40-,43+,45-,46-,47+/m1/s1. The van der Waals surface area contributed by atoms with Crippen LogP contribution in [-0.4, -0.2) is 158 Å². The molecule has 5 rings (SSSR count). The van der Waals surface area contributed by atoms with Crippen molar-refractivity contribution in [3.05, 3.63) is 29.4 Å². The molecule has 3 fully saturated rings. The predicted molar refractivity (Wildman–Crippen MR) is 253 cm³/mol. The Hall–Kier alpha value is -4.16. The van der Waals surface area contributed by atoms with E-state index in [9.17, 15) is 34.5 Å². The molecule has 2 aromatic heterocycles. The maximum atomic E-state index is 14.7. The number of Topliss-reactive ketones (excluding diaryl/α,β-unsaturated/α-hetero) is 1. The number of carbonyl (C=O) groups is 4. The Morgan fingerprint density at radius 1 is 1.09 bits per heavy atom. The molecule has 0 unspecified atom stereocenters. The van der Waals surface area contributed by atoms with E-state index >= 15 is 0 Å². The number of thiazole rings is 1. The number of cyclic esters (lactones) is 1. The lowest BCUT2D eigenvalue weighted by atomic mass is 9.73. The number of ether oxygens (including phenoxy) is 5. The average Bonchev–Trinajstić information content (AvgIpc) is 3.75. The number of nitrogens with zero attached hydrogens (tertiary/aromatic N) is 5. The number of ketones is 1. The maximum Gasteiger partial charge on any atom is 0.346 e. The summed E-state index contributed by atoms with van der Waals surface area (Å²) in [6.07, 6.45) is -4.60. The lowest BCUT2D eigenvalue weighted by Crippen LogP contribution is -2.62. The van der Waals surface area contributed by atoms with Crippen molar-refractivity contribution in [3.8, 4) is 10.6 Å². The fourth-order valence-electron chi connectivity index (χ4n) is 9.20. The molecule has 14 atom stereocenters. The molecule has 0 aromatic carbocycles. The first-order valence-corrected chi connectivity index (χ1v) is 24.1. The normalized spacial score (nSPS) is 36.1. The monoisotopic (exact) mass is 973 g/mol. The lowest BCUT2D eigenvalue weighted by Gasteiger charge is -2.48. The van der Waals surface area contributed by atoms with Crippen molar-refractivity contribution in [1.29, 1.82) is 0 Å². The number of carbonyl (C=O) groups excluding carboxylic acids is 4. The molecule has 0 radical (unpaired) electrons. The molecule has 2 aromatic rings. The third-order valence-electron chi connectivity index (χ3n) is 13.1. The van der Waals surface area contributed by atoms with Crippen LogP contribution in [0.2, 0.25) is 0 Å². The molecule has 20 nitrogen and oxygen atoms in total. The minimum Gasteiger partial charge on any atom is -0.457 e. The smallest absolute Gasteiger partial charge is 0.346 e. The third kappa shape index (κ3) is 12.6. The first-order chi connectivity index (χ1) is 31.8. The van der Waals surface area contributed by atoms with Crippen LogP contribution in [-0.2, 0) is 54.3 Å². The zero-order valence-electron chi connectivity index (χ0n) is 41.3. The first-order valence-electron chi connectivity index (χ1n) is 23.2. The van der Waals surface area contributed by atoms with Crippen molar-refractivity contribution in [3.63, 3.8) is 0 Å². The zero-order chi connectivity index (χ0) is 50.5. The van der Waals surface area contributed by atoms with Gasteiger partial charge in [0.15, 0.2) is 18.7 Å². The van der Waals surface area contributed by atoms with E-state index in [4.69, 9.17) is 34.3 Å². The number of pyridine rings is 1. The summed E-state index contributed by atoms with van der Waals surface area (Å²) < 4.78 is 32.3. The van der Waals surface area contributed by atoms with Gasteiger partial charge in [-0.15, -0.1) is 11.3 Å². The Kier molecular flexibility index (Phi) is 18.3. The Morgan fingerprint density at radius 3 is 2.41 bits per heavy atom. The van der Waals surface area contributed by atoms with Gasteiger partial charge in [0.2, 0.25) is 17.4 Å². The highest BCUT2D eigenvalue weighted by molar-refractivity contribution is 7.13. The number of rotatable bonds is 11. The predicted octanol–water partition coefficient (Wildman–Crippen LogP) is 3.43. The maximum absolute atomic E-state index is 14.7. The van der Waals surface area contributed by atoms with Crippen LogP contribution in [0.1, 0.15) is 101 Å². The van der Waals surface area contributed by atoms with Crippen molar-refractivity contribution >= 4 is 52.1 Å². The Labute approximate surface area is 402 Å². The molecule has 2 bridgehead atoms. The largest absolute Gasteiger partial charge is 0.457 e. The molecule has 6 N–H and O–H groups in total. The summed E-state index contributed by atoms with van der Waals surface area (Å²) in [6, 6.07) is 2.44. The fourth-order valence-corrected chi connectivity index (χ4v) is 9.94. The zero-order valence-corrected chi connectivity index (χ0v) is 42.1. The number of nitrogens with two attached hydrogens (primary N) is 1. The van der Waals surface area contributed by atoms with E-state index < -0.39 is 95.0 Å². The topological polar surface area (TPSA) is 276 Å². The number of hydrogen-bond acceptors (Lipinski definition) is 19. The number of hydrogen-bond donors (Lipinski definition) is 5. The second kappa shape index (κ2) is 22.7. The van der Waals surface area contributed by atoms with E-state index in [1.807, 2.05) is 32.8 Å². The van der Waals surface area contributed by atoms with Crippen LogP contribution in [0, 0.1) is 17.8 Å². The van der Waals surface area contributed by atoms with Crippen LogP contribution in [0.25, 0.3) is 10.6 Å². The van der Waals surface area contributed by atoms with Gasteiger partial charge in [-0.1, -0.05) is 39.8 Å². The minimum absolute atomic E-state index is 0.0209. The molecule has 5 heterocycles. The van der Waals surface area contributed by atoms with Crippen LogP contribution < -0.4 is 11.1 Å². The molecule has 68 heavy (non-hydrogen) atoms. The summed E-state index contributed by atoms with van der Waals surface area (Å²) in [5.74, 6) is -5.48. The molecule has 0 aliphatic carbocycles. The highest BCUT2D eigenvalue weighted by Crippen LogP contribution is 2.41. The van der Waals surface area contributed by atoms with E-state index in [2.05, 4.69) is 25.4 Å². The van der Waals surface area contributed by atoms with Crippen molar-refractivity contribution in [2.45, 2.75) is 167 Å². The summed E-state index contributed by atoms with van der Waals surface area (Å²) >= 11 is 1.32. The quantitative estimate of drug-likeness (QED) is 0.123. The van der Waals surface area contributed by atoms with Gasteiger partial charge in [-0.25, -0.2) is 14.8 Å². The molecule has 2 amide bonds. The fraction of sp³-hybridized carbons (Fsp3) is 0.702. The van der Waals surface area contributed by atoms with Crippen molar-refractivity contribution in [1.82, 2.24) is 14.9 Å². The number of aliphatic hydroxyl groups is 3. The number of aliphatic imine (C=N–C) groups is 1. The van der Waals surface area contributed by atoms with Gasteiger partial charge in [0.25, 0.3) is 0 Å². The van der Waals surface area contributed by atoms with Crippen molar-refractivity contribution in [2.24, 2.45) is 33.6 Å². The van der Waals surface area contributed by atoms with Gasteiger partial charge >= 0.3 is 5.97 Å². The van der Waals surface area contributed by atoms with Gasteiger partial charge in [-0.2, -0.15) is 0 Å². The SMILES string of the molecule is CCC(=O)/N=C1\[C@H](C)C[C@@]2(C)OC/C(=N/OCc3ccc(-c4nc(NC(=O)[C@H](C)N)cs4)cn3)CO[C@H]([C@H]1C)[C@](C)(O)[C@@H](CC)OC(=O)[C@@](C)(O)C(=O)[C@H](C)[C@H]2O[C@@H]1O[C@H](C)C[C@H](N(C)C)[C@H]1O. The van der Waals surface area contributed by atoms with Gasteiger partial charge in [0.1, 0.15) is 34.3 Å². The number of esters is 1. The van der Waals surface area contributed by atoms with Crippen LogP contribution in [0.5, 0.6) is 0 Å². The molecule has 3 aliphatic heterocycles. The second-order valence-corrected chi connectivity index (χ2v) is 20.0. The van der Waals surface area contributed by atoms with Gasteiger partial charge in [-0.3, -0.25) is 19.4 Å². The number of aromatic nitrogens is 2. The molecule has 0 spiro atoms. The van der Waals surface area contributed by atoms with E-state index in [-0.39, 0.29) is 56.8 Å². The molecule has 378 valence electrons. The number of likely N-dealkylation sites (N-methyl/N-ethyl adjacent to an activating group) is 1. The number of amides is 2. The van der Waals surface area contributed by atoms with E-state index in [0.29, 0.717) is 34.2 Å². The van der Waals surface area contributed by atoms with Crippen molar-refractivity contribution < 1.29 is 63.0 Å². The molecular weight excluding hydrogens is 903 g/mol. The molecular formula is C47H71N7O13S. The lowest BCUT2D eigenvalue weighted by molar-refractivity contribution is -0.296. The summed E-state index contributed by atoms with van der Waals surface area (Å²) in [5.41, 5.74) is 1.09. The van der Waals surface area contributed by atoms with Crippen LogP contribution in [0.15, 0.2) is 33.9 Å². The van der Waals surface area contributed by atoms with Crippen LogP contribution in [0.3, 0.4) is 0 Å². The van der Waals surface area contributed by atoms with E-state index in [1.54, 1.807) is 58.3 Å². The van der Waals surface area contributed by atoms with E-state index in [1.165, 1.54) is 25.2 Å². The first kappa shape index (κ1) is 54.8. The molecule has 3 aliphatic rings. The number of oxime groups is 1. The van der Waals surface area contributed by atoms with Crippen LogP contribution >= 0.6 is 11.3 Å². The van der Waals surface area contributed by atoms with E-state index in [0.717, 1.165) is 6.92 Å². The molecule has 3 saturated heterocycles. The summed E-state index contributed by atoms with van der Waals surface area (Å²) in [7, 11) is 3.65. The molecule has 0 saturated carbocycles. The highest BCUT2D eigenvalue weighted by Gasteiger charge is 2.56. The summed E-state index contributed by atoms with van der Waals surface area (Å²) in [5, 5.41) is 45.5. The van der Waals surface area contributed by atoms with Gasteiger partial charge < -0.3 is 59.8 Å². The van der Waals surface area contributed by atoms with Crippen LogP contribution in [0.4, 0.5) is 5.82 Å². The number of anilines is 1. The minimum atomic E-state index is -2.74. The highest BCUT2D eigenvalue weighted by atomic mass is 32.1. The average molecular weight is 974 g/mol. The summed E-state index contributed by atoms with van der Waals surface area (Å²) in [4.78, 5) is 75.3. The Balaban J connectivity index is 1.60. The Bertz CT molecular complexity index is 2150. The van der Waals surface area contributed by atoms with Gasteiger partial charge in [-0.05, 0) is 86.0 Å².